The van der Waals surface area contributed by atoms with Gasteiger partial charge in [0.25, 0.3) is 0 Å². The molecule has 312 valence electrons. The summed E-state index contributed by atoms with van der Waals surface area (Å²) in [7, 11) is 0. The van der Waals surface area contributed by atoms with Crippen molar-refractivity contribution >= 4 is 0 Å². The van der Waals surface area contributed by atoms with Gasteiger partial charge in [-0.3, -0.25) is 4.90 Å². The molecule has 3 nitrogen and oxygen atoms in total. The number of ether oxygens (including phenoxy) is 1. The number of para-hydroxylation sites is 1. The second-order valence-corrected chi connectivity index (χ2v) is 17.5. The Hall–Kier alpha value is -1.14. The first-order valence-electron chi connectivity index (χ1n) is 23.3. The fourth-order valence-corrected chi connectivity index (χ4v) is 7.90. The molecule has 0 N–H and O–H groups in total. The maximum absolute atomic E-state index is 6.78. The third-order valence-corrected chi connectivity index (χ3v) is 11.2. The number of hydrogen-bond donors (Lipinski definition) is 0. The van der Waals surface area contributed by atoms with Gasteiger partial charge in [-0.05, 0) is 36.4 Å². The highest BCUT2D eigenvalue weighted by Gasteiger charge is 2.23. The van der Waals surface area contributed by atoms with E-state index >= 15 is 0 Å². The third kappa shape index (κ3) is 25.2. The molecular weight excluding hydrogens is 771 g/mol. The normalized spacial score (nSPS) is 11.7. The zero-order valence-electron chi connectivity index (χ0n) is 36.8. The minimum absolute atomic E-state index is 0. The van der Waals surface area contributed by atoms with E-state index in [0.29, 0.717) is 0 Å². The number of rotatable bonds is 35. The van der Waals surface area contributed by atoms with Crippen molar-refractivity contribution < 1.29 is 33.3 Å². The van der Waals surface area contributed by atoms with Gasteiger partial charge in [-0.1, -0.05) is 214 Å². The maximum Gasteiger partial charge on any atom is 0.173 e. The van der Waals surface area contributed by atoms with Gasteiger partial charge in [-0.15, -0.1) is 0 Å². The molecule has 1 aromatic carbocycles. The molecule has 0 amide bonds. The number of halogens is 1. The average molecular weight is 861 g/mol. The van der Waals surface area contributed by atoms with Crippen LogP contribution in [0.4, 0.5) is 0 Å². The first-order chi connectivity index (χ1) is 25.9. The van der Waals surface area contributed by atoms with Gasteiger partial charge in [0.2, 0.25) is 0 Å². The van der Waals surface area contributed by atoms with Gasteiger partial charge < -0.3 is 28.7 Å². The highest BCUT2D eigenvalue weighted by Crippen LogP contribution is 2.35. The molecule has 0 fully saturated rings. The van der Waals surface area contributed by atoms with Crippen LogP contribution in [-0.4, -0.2) is 18.1 Å². The van der Waals surface area contributed by atoms with Crippen LogP contribution in [0, 0.1) is 0 Å². The van der Waals surface area contributed by atoms with Crippen LogP contribution >= 0.6 is 0 Å². The third-order valence-electron chi connectivity index (χ3n) is 11.2. The van der Waals surface area contributed by atoms with E-state index in [2.05, 4.69) is 93.7 Å². The summed E-state index contributed by atoms with van der Waals surface area (Å²) in [4.78, 5) is 2.70. The van der Waals surface area contributed by atoms with Crippen LogP contribution in [0.1, 0.15) is 232 Å². The molecule has 0 saturated carbocycles. The van der Waals surface area contributed by atoms with E-state index in [1.54, 1.807) is 0 Å². The fourth-order valence-electron chi connectivity index (χ4n) is 7.90. The van der Waals surface area contributed by atoms with Crippen molar-refractivity contribution in [2.24, 2.45) is 0 Å². The van der Waals surface area contributed by atoms with Gasteiger partial charge >= 0.3 is 0 Å². The van der Waals surface area contributed by atoms with Crippen molar-refractivity contribution in [2.75, 3.05) is 13.2 Å². The van der Waals surface area contributed by atoms with Gasteiger partial charge in [0, 0.05) is 36.7 Å². The molecular formula is C50H89IN2O. The van der Waals surface area contributed by atoms with Crippen molar-refractivity contribution in [2.45, 2.75) is 240 Å². The Balaban J connectivity index is 0.0000146. The van der Waals surface area contributed by atoms with Gasteiger partial charge in [-0.25, -0.2) is 4.57 Å². The van der Waals surface area contributed by atoms with Gasteiger partial charge in [0.15, 0.2) is 12.4 Å². The Morgan fingerprint density at radius 1 is 0.537 bits per heavy atom. The lowest BCUT2D eigenvalue weighted by atomic mass is 9.85. The fraction of sp³-hybridized carbons (Fsp3) is 0.780. The summed E-state index contributed by atoms with van der Waals surface area (Å²) >= 11 is 0. The monoisotopic (exact) mass is 861 g/mol. The number of pyridine rings is 1. The average Bonchev–Trinajstić information content (AvgIpc) is 3.14. The molecule has 2 rings (SSSR count). The second-order valence-electron chi connectivity index (χ2n) is 17.5. The molecule has 0 aliphatic carbocycles. The standard InChI is InChI=1S/C50H89N2O.HI/c1-7-10-12-14-16-18-20-22-23-24-26-28-30-32-40-52(44-46-36-35-41-51(43-46)39-9-3)45-47-37-34-38-48(50(4,5)6)49(47)53-42-33-31-29-27-25-21-19-17-15-13-11-8-2;/h34-38,41,43H,7-33,39-40,42,44-45H2,1-6H3;1H/q+1;/p-1. The highest BCUT2D eigenvalue weighted by atomic mass is 127. The molecule has 0 unspecified atom stereocenters. The largest absolute Gasteiger partial charge is 1.00 e. The summed E-state index contributed by atoms with van der Waals surface area (Å²) in [6, 6.07) is 11.5. The van der Waals surface area contributed by atoms with Gasteiger partial charge in [0.05, 0.1) is 6.61 Å². The minimum Gasteiger partial charge on any atom is -1.00 e. The van der Waals surface area contributed by atoms with Crippen molar-refractivity contribution in [1.29, 1.82) is 0 Å². The van der Waals surface area contributed by atoms with Crippen LogP contribution in [0.25, 0.3) is 0 Å². The molecule has 4 heteroatoms. The second kappa shape index (κ2) is 33.9. The molecule has 0 spiro atoms. The van der Waals surface area contributed by atoms with E-state index in [1.165, 1.54) is 177 Å². The number of aryl methyl sites for hydroxylation is 1. The predicted octanol–water partition coefficient (Wildman–Crippen LogP) is 12.2. The number of unbranched alkanes of at least 4 members (excludes halogenated alkanes) is 24. The van der Waals surface area contributed by atoms with E-state index in [1.807, 2.05) is 0 Å². The SMILES string of the molecule is CCCCCCCCCCCCCCCCN(Cc1ccc[n+](CCC)c1)Cc1cccc(C(C)(C)C)c1OCCCCCCCCCCCCCC.[I-]. The summed E-state index contributed by atoms with van der Waals surface area (Å²) in [5.41, 5.74) is 4.18. The van der Waals surface area contributed by atoms with Gasteiger partial charge in [-0.2, -0.15) is 0 Å². The summed E-state index contributed by atoms with van der Waals surface area (Å²) in [5.74, 6) is 1.16. The van der Waals surface area contributed by atoms with Crippen LogP contribution in [0.3, 0.4) is 0 Å². The summed E-state index contributed by atoms with van der Waals surface area (Å²) < 4.78 is 9.15. The predicted molar refractivity (Wildman–Crippen MR) is 233 cm³/mol. The minimum atomic E-state index is 0. The summed E-state index contributed by atoms with van der Waals surface area (Å²) in [5, 5.41) is 0. The molecule has 1 aromatic heterocycles. The zero-order chi connectivity index (χ0) is 38.2. The first kappa shape index (κ1) is 50.9. The number of hydrogen-bond acceptors (Lipinski definition) is 2. The molecule has 2 aromatic rings. The number of benzene rings is 1. The Kier molecular flexibility index (Phi) is 32.0. The molecule has 0 bridgehead atoms. The molecule has 0 atom stereocenters. The molecule has 54 heavy (non-hydrogen) atoms. The van der Waals surface area contributed by atoms with Crippen LogP contribution < -0.4 is 33.3 Å². The Morgan fingerprint density at radius 2 is 1.02 bits per heavy atom. The number of nitrogens with zero attached hydrogens (tertiary/aromatic N) is 2. The smallest absolute Gasteiger partial charge is 0.173 e. The first-order valence-corrected chi connectivity index (χ1v) is 23.3. The number of aromatic nitrogens is 1. The van der Waals surface area contributed by atoms with Crippen LogP contribution in [0.15, 0.2) is 42.7 Å². The van der Waals surface area contributed by atoms with E-state index in [9.17, 15) is 0 Å². The Morgan fingerprint density at radius 3 is 1.50 bits per heavy atom. The van der Waals surface area contributed by atoms with E-state index in [-0.39, 0.29) is 29.4 Å². The van der Waals surface area contributed by atoms with Crippen LogP contribution in [-0.2, 0) is 25.0 Å². The topological polar surface area (TPSA) is 16.4 Å². The van der Waals surface area contributed by atoms with Crippen LogP contribution in [0.5, 0.6) is 5.75 Å². The molecule has 0 aliphatic heterocycles. The van der Waals surface area contributed by atoms with Gasteiger partial charge in [0.1, 0.15) is 12.3 Å². The van der Waals surface area contributed by atoms with Crippen molar-refractivity contribution in [3.8, 4) is 5.75 Å². The van der Waals surface area contributed by atoms with Crippen molar-refractivity contribution in [1.82, 2.24) is 4.90 Å². The molecule has 1 heterocycles. The lowest BCUT2D eigenvalue weighted by molar-refractivity contribution is -0.697. The molecule has 0 saturated heterocycles. The lowest BCUT2D eigenvalue weighted by Gasteiger charge is -2.28. The highest BCUT2D eigenvalue weighted by molar-refractivity contribution is 5.45. The zero-order valence-corrected chi connectivity index (χ0v) is 39.0. The van der Waals surface area contributed by atoms with E-state index in [0.717, 1.165) is 51.4 Å². The maximum atomic E-state index is 6.78. The molecule has 0 radical (unpaired) electrons. The summed E-state index contributed by atoms with van der Waals surface area (Å²) in [6.45, 7) is 18.9. The Bertz CT molecular complexity index is 1130. The summed E-state index contributed by atoms with van der Waals surface area (Å²) in [6.07, 6.45) is 41.9. The Labute approximate surface area is 354 Å². The van der Waals surface area contributed by atoms with Crippen LogP contribution in [0.2, 0.25) is 0 Å². The molecule has 0 aliphatic rings. The van der Waals surface area contributed by atoms with E-state index in [4.69, 9.17) is 4.74 Å². The lowest BCUT2D eigenvalue weighted by Crippen LogP contribution is -3.00. The quantitative estimate of drug-likeness (QED) is 0.0390. The van der Waals surface area contributed by atoms with Crippen molar-refractivity contribution in [3.05, 3.63) is 59.4 Å². The van der Waals surface area contributed by atoms with Crippen molar-refractivity contribution in [3.63, 3.8) is 0 Å². The van der Waals surface area contributed by atoms with E-state index < -0.39 is 0 Å².